The van der Waals surface area contributed by atoms with E-state index in [-0.39, 0.29) is 0 Å². The summed E-state index contributed by atoms with van der Waals surface area (Å²) in [4.78, 5) is 0. The zero-order chi connectivity index (χ0) is 12.4. The van der Waals surface area contributed by atoms with Crippen molar-refractivity contribution in [2.45, 2.75) is 38.7 Å². The minimum atomic E-state index is 0.499. The van der Waals surface area contributed by atoms with Crippen LogP contribution in [0, 0.1) is 11.8 Å². The third-order valence-corrected chi connectivity index (χ3v) is 4.54. The Morgan fingerprint density at radius 2 is 2.06 bits per heavy atom. The van der Waals surface area contributed by atoms with E-state index in [4.69, 9.17) is 4.74 Å². The van der Waals surface area contributed by atoms with Gasteiger partial charge in [0.25, 0.3) is 0 Å². The highest BCUT2D eigenvalue weighted by molar-refractivity contribution is 5.19. The van der Waals surface area contributed by atoms with Crippen LogP contribution in [0.25, 0.3) is 0 Å². The van der Waals surface area contributed by atoms with E-state index in [1.807, 2.05) is 0 Å². The molecule has 0 heterocycles. The highest BCUT2D eigenvalue weighted by atomic mass is 16.5. The van der Waals surface area contributed by atoms with E-state index < -0.39 is 0 Å². The number of fused-ring (bicyclic) bond motifs is 2. The van der Waals surface area contributed by atoms with Gasteiger partial charge in [0.1, 0.15) is 0 Å². The Bertz CT molecular complexity index is 420. The SMILES string of the molecule is C/C=C1/CC2CC(OCCc3ccccc3)C1C2. The summed E-state index contributed by atoms with van der Waals surface area (Å²) in [6.07, 6.45) is 7.85. The minimum absolute atomic E-state index is 0.499. The molecule has 2 aliphatic carbocycles. The molecule has 18 heavy (non-hydrogen) atoms. The molecule has 3 rings (SSSR count). The minimum Gasteiger partial charge on any atom is -0.377 e. The van der Waals surface area contributed by atoms with Crippen LogP contribution in [0.4, 0.5) is 0 Å². The molecular weight excluding hydrogens is 220 g/mol. The lowest BCUT2D eigenvalue weighted by atomic mass is 9.92. The van der Waals surface area contributed by atoms with Crippen molar-refractivity contribution in [1.82, 2.24) is 0 Å². The van der Waals surface area contributed by atoms with Crippen molar-refractivity contribution in [3.8, 4) is 0 Å². The van der Waals surface area contributed by atoms with Crippen LogP contribution in [-0.2, 0) is 11.2 Å². The fraction of sp³-hybridized carbons (Fsp3) is 0.529. The summed E-state index contributed by atoms with van der Waals surface area (Å²) in [5, 5.41) is 0. The van der Waals surface area contributed by atoms with Crippen LogP contribution in [0.3, 0.4) is 0 Å². The van der Waals surface area contributed by atoms with Gasteiger partial charge in [-0.15, -0.1) is 0 Å². The number of rotatable bonds is 4. The Morgan fingerprint density at radius 1 is 1.22 bits per heavy atom. The molecular formula is C17H22O. The molecule has 0 radical (unpaired) electrons. The average molecular weight is 242 g/mol. The van der Waals surface area contributed by atoms with Gasteiger partial charge in [-0.05, 0) is 44.1 Å². The van der Waals surface area contributed by atoms with Crippen LogP contribution in [0.2, 0.25) is 0 Å². The zero-order valence-electron chi connectivity index (χ0n) is 11.1. The van der Waals surface area contributed by atoms with Crippen molar-refractivity contribution in [3.05, 3.63) is 47.5 Å². The number of hydrogen-bond acceptors (Lipinski definition) is 1. The second-order valence-electron chi connectivity index (χ2n) is 5.66. The maximum absolute atomic E-state index is 6.13. The van der Waals surface area contributed by atoms with Gasteiger partial charge < -0.3 is 4.74 Å². The molecule has 2 saturated carbocycles. The smallest absolute Gasteiger partial charge is 0.0643 e. The number of allylic oxidation sites excluding steroid dienone is 1. The topological polar surface area (TPSA) is 9.23 Å². The molecule has 0 spiro atoms. The maximum atomic E-state index is 6.13. The summed E-state index contributed by atoms with van der Waals surface area (Å²) in [5.74, 6) is 1.64. The molecule has 0 aromatic heterocycles. The molecule has 1 aromatic rings. The molecule has 2 bridgehead atoms. The Balaban J connectivity index is 1.50. The standard InChI is InChI=1S/C17H22O/c1-2-15-10-14-11-16(15)17(12-14)18-9-8-13-6-4-3-5-7-13/h2-7,14,16-17H,8-12H2,1H3/b15-2-. The van der Waals surface area contributed by atoms with E-state index in [0.717, 1.165) is 24.9 Å². The Morgan fingerprint density at radius 3 is 2.78 bits per heavy atom. The summed E-state index contributed by atoms with van der Waals surface area (Å²) in [6.45, 7) is 3.05. The Kier molecular flexibility index (Phi) is 3.51. The van der Waals surface area contributed by atoms with Gasteiger partial charge in [-0.2, -0.15) is 0 Å². The van der Waals surface area contributed by atoms with Gasteiger partial charge in [0.05, 0.1) is 12.7 Å². The Hall–Kier alpha value is -1.08. The van der Waals surface area contributed by atoms with E-state index in [1.54, 1.807) is 5.57 Å². The van der Waals surface area contributed by atoms with Gasteiger partial charge in [0, 0.05) is 5.92 Å². The molecule has 1 heteroatoms. The third kappa shape index (κ3) is 2.37. The second kappa shape index (κ2) is 5.27. The summed E-state index contributed by atoms with van der Waals surface area (Å²) < 4.78 is 6.13. The number of benzene rings is 1. The number of ether oxygens (including phenoxy) is 1. The molecule has 0 amide bonds. The molecule has 1 aromatic carbocycles. The first-order valence-electron chi connectivity index (χ1n) is 7.17. The second-order valence-corrected chi connectivity index (χ2v) is 5.66. The van der Waals surface area contributed by atoms with Crippen LogP contribution in [0.15, 0.2) is 42.0 Å². The zero-order valence-corrected chi connectivity index (χ0v) is 11.1. The first kappa shape index (κ1) is 12.0. The number of hydrogen-bond donors (Lipinski definition) is 0. The van der Waals surface area contributed by atoms with Crippen LogP contribution in [-0.4, -0.2) is 12.7 Å². The molecule has 0 aliphatic heterocycles. The summed E-state index contributed by atoms with van der Waals surface area (Å²) in [5.41, 5.74) is 3.03. The first-order valence-corrected chi connectivity index (χ1v) is 7.17. The summed E-state index contributed by atoms with van der Waals surface area (Å²) in [7, 11) is 0. The van der Waals surface area contributed by atoms with Gasteiger partial charge in [0.2, 0.25) is 0 Å². The normalized spacial score (nSPS) is 32.3. The van der Waals surface area contributed by atoms with Gasteiger partial charge >= 0.3 is 0 Å². The fourth-order valence-corrected chi connectivity index (χ4v) is 3.63. The van der Waals surface area contributed by atoms with E-state index in [2.05, 4.69) is 43.3 Å². The molecule has 2 fully saturated rings. The predicted octanol–water partition coefficient (Wildman–Crippen LogP) is 3.99. The lowest BCUT2D eigenvalue weighted by Crippen LogP contribution is -2.23. The quantitative estimate of drug-likeness (QED) is 0.725. The van der Waals surface area contributed by atoms with Gasteiger partial charge in [-0.1, -0.05) is 42.0 Å². The van der Waals surface area contributed by atoms with Gasteiger partial charge in [0.15, 0.2) is 0 Å². The lowest BCUT2D eigenvalue weighted by Gasteiger charge is -2.24. The molecule has 0 N–H and O–H groups in total. The highest BCUT2D eigenvalue weighted by Crippen LogP contribution is 2.49. The van der Waals surface area contributed by atoms with Crippen molar-refractivity contribution >= 4 is 0 Å². The Labute approximate surface area is 110 Å². The van der Waals surface area contributed by atoms with Crippen LogP contribution in [0.1, 0.15) is 31.7 Å². The van der Waals surface area contributed by atoms with Crippen LogP contribution >= 0.6 is 0 Å². The van der Waals surface area contributed by atoms with Gasteiger partial charge in [-0.3, -0.25) is 0 Å². The molecule has 2 aliphatic rings. The average Bonchev–Trinajstić information content (AvgIpc) is 2.99. The van der Waals surface area contributed by atoms with Crippen molar-refractivity contribution in [2.75, 3.05) is 6.61 Å². The monoisotopic (exact) mass is 242 g/mol. The van der Waals surface area contributed by atoms with Crippen LogP contribution < -0.4 is 0 Å². The van der Waals surface area contributed by atoms with Crippen molar-refractivity contribution in [2.24, 2.45) is 11.8 Å². The van der Waals surface area contributed by atoms with E-state index in [9.17, 15) is 0 Å². The van der Waals surface area contributed by atoms with Crippen molar-refractivity contribution in [3.63, 3.8) is 0 Å². The van der Waals surface area contributed by atoms with Gasteiger partial charge in [-0.25, -0.2) is 0 Å². The first-order chi connectivity index (χ1) is 8.86. The van der Waals surface area contributed by atoms with E-state index in [1.165, 1.54) is 24.8 Å². The molecule has 1 nitrogen and oxygen atoms in total. The van der Waals surface area contributed by atoms with Crippen molar-refractivity contribution in [1.29, 1.82) is 0 Å². The largest absolute Gasteiger partial charge is 0.377 e. The fourth-order valence-electron chi connectivity index (χ4n) is 3.63. The molecule has 3 atom stereocenters. The molecule has 96 valence electrons. The van der Waals surface area contributed by atoms with Crippen molar-refractivity contribution < 1.29 is 4.74 Å². The molecule has 0 saturated heterocycles. The predicted molar refractivity (Wildman–Crippen MR) is 74.5 cm³/mol. The summed E-state index contributed by atoms with van der Waals surface area (Å²) >= 11 is 0. The highest BCUT2D eigenvalue weighted by Gasteiger charge is 2.42. The third-order valence-electron chi connectivity index (χ3n) is 4.54. The maximum Gasteiger partial charge on any atom is 0.0643 e. The van der Waals surface area contributed by atoms with E-state index in [0.29, 0.717) is 6.10 Å². The van der Waals surface area contributed by atoms with E-state index >= 15 is 0 Å². The summed E-state index contributed by atoms with van der Waals surface area (Å²) in [6, 6.07) is 10.6. The molecule has 3 unspecified atom stereocenters. The van der Waals surface area contributed by atoms with Crippen LogP contribution in [0.5, 0.6) is 0 Å². The lowest BCUT2D eigenvalue weighted by molar-refractivity contribution is 0.0314.